The molecule has 0 saturated carbocycles. The lowest BCUT2D eigenvalue weighted by molar-refractivity contribution is 1.09. The summed E-state index contributed by atoms with van der Waals surface area (Å²) >= 11 is 0. The van der Waals surface area contributed by atoms with Crippen LogP contribution in [0.4, 0.5) is 0 Å². The van der Waals surface area contributed by atoms with Crippen molar-refractivity contribution >= 4 is 82.0 Å². The Morgan fingerprint density at radius 2 is 0.487 bits per heavy atom. The van der Waals surface area contributed by atoms with Crippen molar-refractivity contribution in [3.05, 3.63) is 322 Å². The molecule has 6 aliphatic rings. The molecule has 0 amide bonds. The van der Waals surface area contributed by atoms with Crippen LogP contribution in [0.3, 0.4) is 0 Å². The van der Waals surface area contributed by atoms with Crippen molar-refractivity contribution in [2.24, 2.45) is 0 Å². The Bertz CT molecular complexity index is 6410. The van der Waals surface area contributed by atoms with Crippen molar-refractivity contribution < 1.29 is 0 Å². The molecule has 0 spiro atoms. The van der Waals surface area contributed by atoms with Gasteiger partial charge in [0.1, 0.15) is 16.9 Å². The molecule has 0 radical (unpaired) electrons. The van der Waals surface area contributed by atoms with E-state index in [0.717, 1.165) is 55.5 Å². The Balaban J connectivity index is 0.000000164. The van der Waals surface area contributed by atoms with Crippen molar-refractivity contribution in [2.45, 2.75) is 205 Å². The Hall–Kier alpha value is -11.7. The summed E-state index contributed by atoms with van der Waals surface area (Å²) in [6.07, 6.45) is 5.82. The van der Waals surface area contributed by atoms with Crippen LogP contribution in [0, 0.1) is 0 Å². The molecule has 0 N–H and O–H groups in total. The molecule has 0 unspecified atom stereocenters. The maximum atomic E-state index is 5.33. The largest absolute Gasteiger partial charge is 0.295 e. The summed E-state index contributed by atoms with van der Waals surface area (Å²) in [5.74, 6) is 0. The van der Waals surface area contributed by atoms with Crippen molar-refractivity contribution in [3.63, 3.8) is 0 Å². The highest BCUT2D eigenvalue weighted by Gasteiger charge is 2.36. The first-order chi connectivity index (χ1) is 58.1. The van der Waals surface area contributed by atoms with E-state index in [1.165, 1.54) is 199 Å². The number of pyridine rings is 3. The molecular formula is C111H126N6. The lowest BCUT2D eigenvalue weighted by Crippen LogP contribution is -1.96. The quantitative estimate of drug-likeness (QED) is 0.142. The maximum absolute atomic E-state index is 5.33. The molecule has 18 aromatic rings. The Kier molecular flexibility index (Phi) is 30.5. The van der Waals surface area contributed by atoms with Crippen LogP contribution in [0.25, 0.3) is 149 Å². The number of benzene rings is 12. The fraction of sp³-hybridized carbons (Fsp3) is 0.270. The van der Waals surface area contributed by atoms with Crippen LogP contribution >= 0.6 is 0 Å². The molecule has 6 aliphatic carbocycles. The van der Waals surface area contributed by atoms with E-state index in [9.17, 15) is 0 Å². The summed E-state index contributed by atoms with van der Waals surface area (Å²) in [5, 5.41) is 11.4. The van der Waals surface area contributed by atoms with Gasteiger partial charge in [-0.25, -0.2) is 15.0 Å². The summed E-state index contributed by atoms with van der Waals surface area (Å²) in [6.45, 7) is 48.0. The summed E-state index contributed by atoms with van der Waals surface area (Å²) in [6, 6.07) is 92.8. The molecule has 12 aromatic carbocycles. The molecule has 0 aliphatic heterocycles. The zero-order valence-electron chi connectivity index (χ0n) is 74.7. The van der Waals surface area contributed by atoms with Gasteiger partial charge in [0.25, 0.3) is 0 Å². The number of hydrogen-bond donors (Lipinski definition) is 0. The van der Waals surface area contributed by atoms with Gasteiger partial charge in [-0.05, 0) is 137 Å². The number of imidazole rings is 3. The van der Waals surface area contributed by atoms with Crippen LogP contribution in [0.5, 0.6) is 0 Å². The van der Waals surface area contributed by atoms with Crippen LogP contribution in [0.2, 0.25) is 0 Å². The van der Waals surface area contributed by atoms with E-state index in [-0.39, 0.29) is 0 Å². The second-order valence-corrected chi connectivity index (χ2v) is 26.3. The first-order valence-electron chi connectivity index (χ1n) is 44.8. The number of rotatable bonds is 0. The average molecular weight is 1540 g/mol. The minimum Gasteiger partial charge on any atom is -0.295 e. The molecular weight excluding hydrogens is 1420 g/mol. The van der Waals surface area contributed by atoms with Crippen LogP contribution in [0.1, 0.15) is 233 Å². The highest BCUT2D eigenvalue weighted by Crippen LogP contribution is 2.53. The first kappa shape index (κ1) is 87.7. The van der Waals surface area contributed by atoms with Gasteiger partial charge in [0.2, 0.25) is 0 Å². The number of aromatic nitrogens is 6. The Morgan fingerprint density at radius 1 is 0.197 bits per heavy atom. The number of hydrogen-bond acceptors (Lipinski definition) is 3. The van der Waals surface area contributed by atoms with Crippen LogP contribution in [-0.4, -0.2) is 28.2 Å². The van der Waals surface area contributed by atoms with Crippen LogP contribution in [0.15, 0.2) is 255 Å². The fourth-order valence-electron chi connectivity index (χ4n) is 17.8. The van der Waals surface area contributed by atoms with E-state index in [1.54, 1.807) is 0 Å². The summed E-state index contributed by atoms with van der Waals surface area (Å²) < 4.78 is 7.27. The monoisotopic (exact) mass is 1540 g/mol. The van der Waals surface area contributed by atoms with E-state index in [4.69, 9.17) is 15.0 Å². The van der Waals surface area contributed by atoms with Gasteiger partial charge in [-0.15, -0.1) is 0 Å². The molecule has 0 saturated heterocycles. The standard InChI is InChI=1S/3C29H18N2.12C2H6/c1-2-8-19-17(7-1)15-24-21(19)14-13-18-16-25-28(27(18)24)31-26-12-6-5-10-22(26)20-9-3-4-11-23(20)29(31)30-25;1-2-8-19-17(7-1)15-24-21(19)14-13-18-16-26-28(27(18)24)30-29-23-11-4-3-9-20(23)22-10-5-6-12-25(22)31(26)29;1-2-8-20-17(7-1)15-18-13-14-19-16-25-28(27(19)26(18)20)30-29-23-11-4-3-9-21(23)22-10-5-6-12-24(22)31(25)29;12*1-2/h3*1-14H,15-16H2;12*1-2H3. The number of fused-ring (bicyclic) bond motifs is 42. The van der Waals surface area contributed by atoms with Crippen molar-refractivity contribution in [1.29, 1.82) is 0 Å². The van der Waals surface area contributed by atoms with Gasteiger partial charge in [-0.3, -0.25) is 13.2 Å². The lowest BCUT2D eigenvalue weighted by atomic mass is 9.96. The predicted molar refractivity (Wildman–Crippen MR) is 516 cm³/mol. The zero-order chi connectivity index (χ0) is 84.3. The van der Waals surface area contributed by atoms with Crippen molar-refractivity contribution in [3.8, 4) is 67.2 Å². The SMILES string of the molecule is CC.CC.CC.CC.CC.CC.CC.CC.CC.CC.CC.CC.c1ccc2c(c1)Cc1c-2ccc2c1-c1c(nc3c4ccccc4c4ccccc4n13)C2.c1ccc2c(c1)Cc1c-2ccc2c1-c1nc3c4ccccc4c4ccccc4n3c1C2.c1ccc2c(c1)Cc1ccc3c(c1-2)-c1nc2c4ccccc4c4ccccc4n2c1C3. The lowest BCUT2D eigenvalue weighted by Gasteiger charge is -2.13. The summed E-state index contributed by atoms with van der Waals surface area (Å²) in [4.78, 5) is 15.9. The smallest absolute Gasteiger partial charge is 0.146 e. The molecule has 0 bridgehead atoms. The molecule has 6 heterocycles. The van der Waals surface area contributed by atoms with Gasteiger partial charge in [0.05, 0.1) is 50.7 Å². The third-order valence-corrected chi connectivity index (χ3v) is 21.7. The molecule has 6 aromatic heterocycles. The molecule has 6 nitrogen and oxygen atoms in total. The van der Waals surface area contributed by atoms with E-state index >= 15 is 0 Å². The first-order valence-corrected chi connectivity index (χ1v) is 44.8. The minimum atomic E-state index is 0.915. The highest BCUT2D eigenvalue weighted by molar-refractivity contribution is 6.15. The minimum absolute atomic E-state index is 0.915. The van der Waals surface area contributed by atoms with E-state index < -0.39 is 0 Å². The Labute approximate surface area is 699 Å². The Morgan fingerprint density at radius 3 is 0.906 bits per heavy atom. The summed E-state index contributed by atoms with van der Waals surface area (Å²) in [5.41, 5.74) is 39.8. The maximum Gasteiger partial charge on any atom is 0.146 e. The van der Waals surface area contributed by atoms with Gasteiger partial charge < -0.3 is 0 Å². The molecule has 0 fully saturated rings. The second kappa shape index (κ2) is 40.7. The molecule has 600 valence electrons. The number of para-hydroxylation sites is 3. The van der Waals surface area contributed by atoms with E-state index in [2.05, 4.69) is 268 Å². The third-order valence-electron chi connectivity index (χ3n) is 21.7. The van der Waals surface area contributed by atoms with Gasteiger partial charge in [-0.2, -0.15) is 0 Å². The molecule has 24 rings (SSSR count). The topological polar surface area (TPSA) is 51.9 Å². The molecule has 117 heavy (non-hydrogen) atoms. The van der Waals surface area contributed by atoms with Crippen molar-refractivity contribution in [1.82, 2.24) is 28.2 Å². The van der Waals surface area contributed by atoms with Crippen LogP contribution in [-0.2, 0) is 38.5 Å². The molecule has 6 heteroatoms. The third kappa shape index (κ3) is 14.9. The van der Waals surface area contributed by atoms with Gasteiger partial charge in [0.15, 0.2) is 0 Å². The van der Waals surface area contributed by atoms with Gasteiger partial charge in [-0.1, -0.05) is 403 Å². The van der Waals surface area contributed by atoms with Gasteiger partial charge >= 0.3 is 0 Å². The fourth-order valence-corrected chi connectivity index (χ4v) is 17.8. The second-order valence-electron chi connectivity index (χ2n) is 26.3. The summed E-state index contributed by atoms with van der Waals surface area (Å²) in [7, 11) is 0. The zero-order valence-corrected chi connectivity index (χ0v) is 74.7. The molecule has 0 atom stereocenters. The number of nitrogens with zero attached hydrogens (tertiary/aromatic N) is 6. The van der Waals surface area contributed by atoms with E-state index in [1.807, 2.05) is 166 Å². The predicted octanol–water partition coefficient (Wildman–Crippen LogP) is 32.7. The van der Waals surface area contributed by atoms with Crippen LogP contribution < -0.4 is 0 Å². The van der Waals surface area contributed by atoms with Gasteiger partial charge in [0, 0.05) is 68.3 Å². The van der Waals surface area contributed by atoms with E-state index in [0.29, 0.717) is 0 Å². The van der Waals surface area contributed by atoms with Crippen molar-refractivity contribution in [2.75, 3.05) is 0 Å². The highest BCUT2D eigenvalue weighted by atomic mass is 15.1. The normalized spacial score (nSPS) is 11.4. The average Bonchev–Trinajstić information content (AvgIpc) is 1.56.